The van der Waals surface area contributed by atoms with Crippen molar-refractivity contribution >= 4 is 23.4 Å². The highest BCUT2D eigenvalue weighted by Crippen LogP contribution is 2.27. The lowest BCUT2D eigenvalue weighted by molar-refractivity contribution is 0.0963. The zero-order valence-corrected chi connectivity index (χ0v) is 17.0. The van der Waals surface area contributed by atoms with E-state index in [2.05, 4.69) is 10.3 Å². The summed E-state index contributed by atoms with van der Waals surface area (Å²) in [6.07, 6.45) is 8.39. The number of likely N-dealkylation sites (tertiary alicyclic amines) is 1. The molecule has 0 spiro atoms. The Labute approximate surface area is 165 Å². The van der Waals surface area contributed by atoms with Gasteiger partial charge in [-0.15, -0.1) is 11.3 Å². The molecule has 1 aliphatic carbocycles. The molecule has 0 bridgehead atoms. The van der Waals surface area contributed by atoms with E-state index in [9.17, 15) is 4.79 Å². The number of nitrogens with two attached hydrogens (primary N) is 1. The molecule has 1 aromatic rings. The van der Waals surface area contributed by atoms with E-state index >= 15 is 0 Å². The van der Waals surface area contributed by atoms with Crippen molar-refractivity contribution in [3.8, 4) is 0 Å². The summed E-state index contributed by atoms with van der Waals surface area (Å²) < 4.78 is 5.04. The molecule has 3 N–H and O–H groups in total. The Morgan fingerprint density at radius 2 is 2.15 bits per heavy atom. The smallest absolute Gasteiger partial charge is 0.409 e. The van der Waals surface area contributed by atoms with Gasteiger partial charge >= 0.3 is 6.09 Å². The molecule has 27 heavy (non-hydrogen) atoms. The van der Waals surface area contributed by atoms with Crippen LogP contribution >= 0.6 is 11.3 Å². The standard InChI is InChI=1S/C19H31N5O2S/c1-2-26-19(25)24-12-9-14(10-13-24)22-18(20)21-11-5-8-17-23-15-6-3-4-7-16(15)27-17/h14H,2-13H2,1H3,(H3,20,21,22). The summed E-state index contributed by atoms with van der Waals surface area (Å²) in [5.41, 5.74) is 7.36. The molecule has 0 aromatic carbocycles. The van der Waals surface area contributed by atoms with Gasteiger partial charge in [-0.1, -0.05) is 0 Å². The molecule has 1 aliphatic heterocycles. The lowest BCUT2D eigenvalue weighted by Crippen LogP contribution is -2.48. The summed E-state index contributed by atoms with van der Waals surface area (Å²) in [5, 5.41) is 4.53. The van der Waals surface area contributed by atoms with E-state index in [1.165, 1.54) is 34.8 Å². The summed E-state index contributed by atoms with van der Waals surface area (Å²) in [5.74, 6) is 0.503. The van der Waals surface area contributed by atoms with Crippen LogP contribution in [0.1, 0.15) is 54.6 Å². The molecule has 0 radical (unpaired) electrons. The molecule has 1 amide bonds. The summed E-state index contributed by atoms with van der Waals surface area (Å²) in [6, 6.07) is 0.269. The minimum Gasteiger partial charge on any atom is -0.450 e. The Balaban J connectivity index is 1.34. The maximum atomic E-state index is 11.7. The van der Waals surface area contributed by atoms with Gasteiger partial charge in [0.25, 0.3) is 0 Å². The van der Waals surface area contributed by atoms with Crippen molar-refractivity contribution in [1.29, 1.82) is 0 Å². The topological polar surface area (TPSA) is 92.8 Å². The maximum Gasteiger partial charge on any atom is 0.409 e. The third kappa shape index (κ3) is 5.82. The van der Waals surface area contributed by atoms with Crippen molar-refractivity contribution < 1.29 is 9.53 Å². The van der Waals surface area contributed by atoms with Gasteiger partial charge in [0.05, 0.1) is 17.3 Å². The van der Waals surface area contributed by atoms with Gasteiger partial charge in [-0.3, -0.25) is 4.99 Å². The number of aromatic nitrogens is 1. The number of rotatable bonds is 6. The molecule has 1 saturated heterocycles. The van der Waals surface area contributed by atoms with Crippen LogP contribution in [0.25, 0.3) is 0 Å². The van der Waals surface area contributed by atoms with E-state index < -0.39 is 0 Å². The van der Waals surface area contributed by atoms with Crippen molar-refractivity contribution in [3.05, 3.63) is 15.6 Å². The number of ether oxygens (including phenoxy) is 1. The highest BCUT2D eigenvalue weighted by Gasteiger charge is 2.23. The van der Waals surface area contributed by atoms with E-state index in [1.807, 2.05) is 18.3 Å². The normalized spacial score (nSPS) is 18.3. The molecule has 8 heteroatoms. The molecule has 0 atom stereocenters. The van der Waals surface area contributed by atoms with Crippen molar-refractivity contribution in [2.45, 2.75) is 64.3 Å². The zero-order chi connectivity index (χ0) is 19.1. The molecule has 0 unspecified atom stereocenters. The number of amides is 1. The zero-order valence-electron chi connectivity index (χ0n) is 16.2. The predicted molar refractivity (Wildman–Crippen MR) is 108 cm³/mol. The van der Waals surface area contributed by atoms with Gasteiger partial charge in [0.15, 0.2) is 5.96 Å². The Hall–Kier alpha value is -1.83. The van der Waals surface area contributed by atoms with Crippen molar-refractivity contribution in [1.82, 2.24) is 15.2 Å². The average molecular weight is 394 g/mol. The van der Waals surface area contributed by atoms with Crippen molar-refractivity contribution in [2.24, 2.45) is 10.7 Å². The third-order valence-corrected chi connectivity index (χ3v) is 6.31. The van der Waals surface area contributed by atoms with E-state index in [-0.39, 0.29) is 12.1 Å². The Morgan fingerprint density at radius 1 is 1.37 bits per heavy atom. The quantitative estimate of drug-likeness (QED) is 0.440. The van der Waals surface area contributed by atoms with Gasteiger partial charge in [0.1, 0.15) is 0 Å². The Morgan fingerprint density at radius 3 is 2.89 bits per heavy atom. The summed E-state index contributed by atoms with van der Waals surface area (Å²) in [6.45, 7) is 4.34. The molecule has 1 aromatic heterocycles. The third-order valence-electron chi connectivity index (χ3n) is 5.09. The first-order valence-electron chi connectivity index (χ1n) is 10.1. The van der Waals surface area contributed by atoms with E-state index in [0.717, 1.165) is 32.1 Å². The molecule has 1 fully saturated rings. The second-order valence-corrected chi connectivity index (χ2v) is 8.33. The minimum absolute atomic E-state index is 0.221. The number of carbonyl (C=O) groups excluding carboxylic acids is 1. The fraction of sp³-hybridized carbons (Fsp3) is 0.737. The van der Waals surface area contributed by atoms with E-state index in [4.69, 9.17) is 15.5 Å². The minimum atomic E-state index is -0.221. The first kappa shape index (κ1) is 19.9. The predicted octanol–water partition coefficient (Wildman–Crippen LogP) is 2.48. The van der Waals surface area contributed by atoms with Crippen LogP contribution in [-0.2, 0) is 24.0 Å². The number of nitrogens with one attached hydrogen (secondary N) is 1. The highest BCUT2D eigenvalue weighted by atomic mass is 32.1. The largest absolute Gasteiger partial charge is 0.450 e. The summed E-state index contributed by atoms with van der Waals surface area (Å²) in [4.78, 5) is 24.2. The molecule has 0 saturated carbocycles. The van der Waals surface area contributed by atoms with Crippen LogP contribution in [0.2, 0.25) is 0 Å². The van der Waals surface area contributed by atoms with Gasteiger partial charge < -0.3 is 20.7 Å². The number of aliphatic imine (C=N–C) groups is 1. The van der Waals surface area contributed by atoms with E-state index in [0.29, 0.717) is 32.2 Å². The second kappa shape index (κ2) is 9.92. The van der Waals surface area contributed by atoms with Crippen LogP contribution in [0.5, 0.6) is 0 Å². The fourth-order valence-electron chi connectivity index (χ4n) is 3.62. The van der Waals surface area contributed by atoms with Crippen LogP contribution in [0, 0.1) is 0 Å². The lowest BCUT2D eigenvalue weighted by Gasteiger charge is -2.31. The van der Waals surface area contributed by atoms with Gasteiger partial charge in [0, 0.05) is 37.0 Å². The number of guanidine groups is 1. The summed E-state index contributed by atoms with van der Waals surface area (Å²) >= 11 is 1.88. The number of aryl methyl sites for hydroxylation is 3. The molecule has 150 valence electrons. The molecular weight excluding hydrogens is 362 g/mol. The van der Waals surface area contributed by atoms with Gasteiger partial charge in [-0.25, -0.2) is 9.78 Å². The second-order valence-electron chi connectivity index (χ2n) is 7.16. The number of piperidine rings is 1. The monoisotopic (exact) mass is 393 g/mol. The van der Waals surface area contributed by atoms with Crippen LogP contribution in [0.4, 0.5) is 4.79 Å². The van der Waals surface area contributed by atoms with Crippen molar-refractivity contribution in [2.75, 3.05) is 26.2 Å². The van der Waals surface area contributed by atoms with E-state index in [1.54, 1.807) is 4.90 Å². The van der Waals surface area contributed by atoms with Crippen LogP contribution in [0.3, 0.4) is 0 Å². The van der Waals surface area contributed by atoms with Gasteiger partial charge in [0.2, 0.25) is 0 Å². The summed E-state index contributed by atoms with van der Waals surface area (Å²) in [7, 11) is 0. The number of hydrogen-bond donors (Lipinski definition) is 2. The number of fused-ring (bicyclic) bond motifs is 1. The van der Waals surface area contributed by atoms with Gasteiger partial charge in [-0.2, -0.15) is 0 Å². The first-order valence-corrected chi connectivity index (χ1v) is 10.9. The molecule has 7 nitrogen and oxygen atoms in total. The number of carbonyl (C=O) groups is 1. The van der Waals surface area contributed by atoms with Crippen molar-refractivity contribution in [3.63, 3.8) is 0 Å². The van der Waals surface area contributed by atoms with Gasteiger partial charge in [-0.05, 0) is 51.9 Å². The molecular formula is C19H31N5O2S. The molecule has 2 aliphatic rings. The number of thiazole rings is 1. The Kier molecular flexibility index (Phi) is 7.32. The maximum absolute atomic E-state index is 11.7. The highest BCUT2D eigenvalue weighted by molar-refractivity contribution is 7.11. The average Bonchev–Trinajstić information content (AvgIpc) is 3.09. The van der Waals surface area contributed by atoms with Crippen LogP contribution in [0.15, 0.2) is 4.99 Å². The first-order chi connectivity index (χ1) is 13.2. The molecule has 2 heterocycles. The number of nitrogens with zero attached hydrogens (tertiary/aromatic N) is 3. The SMILES string of the molecule is CCOC(=O)N1CCC(NC(N)=NCCCc2nc3c(s2)CCCC3)CC1. The molecule has 3 rings (SSSR count). The van der Waals surface area contributed by atoms with Crippen LogP contribution < -0.4 is 11.1 Å². The Bertz CT molecular complexity index is 629. The van der Waals surface area contributed by atoms with Crippen LogP contribution in [-0.4, -0.2) is 54.2 Å². The number of hydrogen-bond acceptors (Lipinski definition) is 5. The lowest BCUT2D eigenvalue weighted by atomic mass is 10.0. The fourth-order valence-corrected chi connectivity index (χ4v) is 4.82.